The number of nitrogens with two attached hydrogens (primary N) is 2. The first-order valence-corrected chi connectivity index (χ1v) is 8.29. The monoisotopic (exact) mass is 366 g/mol. The zero-order valence-electron chi connectivity index (χ0n) is 14.9. The fourth-order valence-electron chi connectivity index (χ4n) is 2.08. The Balaban J connectivity index is 2.73. The van der Waals surface area contributed by atoms with Gasteiger partial charge in [-0.2, -0.15) is 0 Å². The first kappa shape index (κ1) is 21.4. The summed E-state index contributed by atoms with van der Waals surface area (Å²) in [6.45, 7) is 3.84. The van der Waals surface area contributed by atoms with Crippen molar-refractivity contribution in [1.29, 1.82) is 0 Å². The van der Waals surface area contributed by atoms with E-state index in [2.05, 4.69) is 0 Å². The van der Waals surface area contributed by atoms with Crippen LogP contribution in [-0.2, 0) is 20.8 Å². The molecule has 0 radical (unpaired) electrons. The highest BCUT2D eigenvalue weighted by molar-refractivity contribution is 5.84. The van der Waals surface area contributed by atoms with Crippen LogP contribution in [0.5, 0.6) is 0 Å². The number of hydrogen-bond donors (Lipinski definition) is 4. The van der Waals surface area contributed by atoms with Crippen molar-refractivity contribution in [2.75, 3.05) is 0 Å². The van der Waals surface area contributed by atoms with Crippen LogP contribution in [0.2, 0.25) is 0 Å². The van der Waals surface area contributed by atoms with Crippen molar-refractivity contribution in [2.45, 2.75) is 45.3 Å². The van der Waals surface area contributed by atoms with E-state index < -0.39 is 30.1 Å². The minimum Gasteiger partial charge on any atom is -0.381 e. The number of hydroxylamine groups is 1. The van der Waals surface area contributed by atoms with E-state index in [-0.39, 0.29) is 23.9 Å². The predicted octanol–water partition coefficient (Wildman–Crippen LogP) is 0.224. The minimum absolute atomic E-state index is 0.0358. The van der Waals surface area contributed by atoms with Crippen molar-refractivity contribution in [2.24, 2.45) is 17.4 Å². The maximum atomic E-state index is 12.3. The van der Waals surface area contributed by atoms with E-state index in [1.807, 2.05) is 25.3 Å². The van der Waals surface area contributed by atoms with Gasteiger partial charge in [0.05, 0.1) is 0 Å². The summed E-state index contributed by atoms with van der Waals surface area (Å²) >= 11 is 0. The van der Waals surface area contributed by atoms with Crippen LogP contribution in [0.25, 0.3) is 0 Å². The Morgan fingerprint density at radius 3 is 2.38 bits per heavy atom. The topological polar surface area (TPSA) is 148 Å². The number of amides is 3. The van der Waals surface area contributed by atoms with Crippen LogP contribution >= 0.6 is 0 Å². The number of aliphatic hydroxyl groups excluding tert-OH is 1. The van der Waals surface area contributed by atoms with Crippen LogP contribution in [-0.4, -0.2) is 40.3 Å². The van der Waals surface area contributed by atoms with Crippen LogP contribution in [0.4, 0.5) is 4.79 Å². The maximum absolute atomic E-state index is 12.3. The van der Waals surface area contributed by atoms with Gasteiger partial charge < -0.3 is 21.4 Å². The third-order valence-electron chi connectivity index (χ3n) is 3.50. The molecule has 6 N–H and O–H groups in total. The lowest BCUT2D eigenvalue weighted by Crippen LogP contribution is -2.56. The molecular formula is C17H26N4O5. The Labute approximate surface area is 152 Å². The largest absolute Gasteiger partial charge is 0.381 e. The molecule has 0 fully saturated rings. The van der Waals surface area contributed by atoms with Gasteiger partial charge in [0, 0.05) is 12.5 Å². The SMILES string of the molecule is CC(C)CCC(=O)ON(NC(N)=O)C(=O)[C@@H](O)[C@H](N)Cc1ccccc1. The molecule has 0 bridgehead atoms. The number of carbonyl (C=O) groups is 3. The molecule has 1 aromatic carbocycles. The molecule has 0 spiro atoms. The first-order chi connectivity index (χ1) is 12.2. The molecule has 144 valence electrons. The smallest absolute Gasteiger partial charge is 0.335 e. The minimum atomic E-state index is -1.71. The average molecular weight is 366 g/mol. The number of benzene rings is 1. The van der Waals surface area contributed by atoms with Crippen LogP contribution in [0.3, 0.4) is 0 Å². The Morgan fingerprint density at radius 1 is 1.23 bits per heavy atom. The summed E-state index contributed by atoms with van der Waals surface area (Å²) in [5, 5.41) is 10.4. The first-order valence-electron chi connectivity index (χ1n) is 8.29. The van der Waals surface area contributed by atoms with E-state index in [1.54, 1.807) is 24.3 Å². The standard InChI is InChI=1S/C17H26N4O5/c1-11(2)8-9-14(22)26-21(20-17(19)25)16(24)15(23)13(18)10-12-6-4-3-5-7-12/h3-7,11,13,15,23H,8-10,18H2,1-2H3,(H3,19,20,25)/t13-,15+/m1/s1. The lowest BCUT2D eigenvalue weighted by Gasteiger charge is -2.25. The Morgan fingerprint density at radius 2 is 1.85 bits per heavy atom. The van der Waals surface area contributed by atoms with Gasteiger partial charge in [0.25, 0.3) is 0 Å². The van der Waals surface area contributed by atoms with E-state index in [0.717, 1.165) is 5.56 Å². The number of aliphatic hydroxyl groups is 1. The summed E-state index contributed by atoms with van der Waals surface area (Å²) in [7, 11) is 0. The third-order valence-corrected chi connectivity index (χ3v) is 3.50. The summed E-state index contributed by atoms with van der Waals surface area (Å²) in [6.07, 6.45) is -0.930. The molecule has 0 aliphatic carbocycles. The van der Waals surface area contributed by atoms with Crippen LogP contribution < -0.4 is 16.9 Å². The molecule has 0 saturated heterocycles. The number of hydrazine groups is 1. The van der Waals surface area contributed by atoms with Crippen molar-refractivity contribution < 1.29 is 24.3 Å². The third kappa shape index (κ3) is 7.49. The van der Waals surface area contributed by atoms with E-state index in [9.17, 15) is 19.5 Å². The quantitative estimate of drug-likeness (QED) is 0.508. The molecule has 0 aliphatic heterocycles. The molecule has 0 saturated carbocycles. The zero-order valence-corrected chi connectivity index (χ0v) is 14.9. The van der Waals surface area contributed by atoms with Gasteiger partial charge >= 0.3 is 17.9 Å². The Hall–Kier alpha value is -2.65. The van der Waals surface area contributed by atoms with Crippen molar-refractivity contribution >= 4 is 17.9 Å². The molecule has 3 amide bonds. The highest BCUT2D eigenvalue weighted by Crippen LogP contribution is 2.09. The number of rotatable bonds is 7. The fraction of sp³-hybridized carbons (Fsp3) is 0.471. The second-order valence-electron chi connectivity index (χ2n) is 6.30. The second kappa shape index (κ2) is 10.4. The number of nitrogens with one attached hydrogen (secondary N) is 1. The normalized spacial score (nSPS) is 13.0. The van der Waals surface area contributed by atoms with Crippen LogP contribution in [0, 0.1) is 5.92 Å². The number of primary amides is 1. The van der Waals surface area contributed by atoms with E-state index >= 15 is 0 Å². The molecule has 0 heterocycles. The summed E-state index contributed by atoms with van der Waals surface area (Å²) < 4.78 is 0. The van der Waals surface area contributed by atoms with Gasteiger partial charge in [-0.3, -0.25) is 4.79 Å². The molecule has 1 rings (SSSR count). The highest BCUT2D eigenvalue weighted by Gasteiger charge is 2.31. The summed E-state index contributed by atoms with van der Waals surface area (Å²) in [6, 6.07) is 6.91. The lowest BCUT2D eigenvalue weighted by atomic mass is 10.0. The van der Waals surface area contributed by atoms with Gasteiger partial charge in [-0.25, -0.2) is 15.0 Å². The van der Waals surface area contributed by atoms with E-state index in [1.165, 1.54) is 0 Å². The highest BCUT2D eigenvalue weighted by atomic mass is 16.7. The van der Waals surface area contributed by atoms with Crippen LogP contribution in [0.15, 0.2) is 30.3 Å². The second-order valence-corrected chi connectivity index (χ2v) is 6.30. The predicted molar refractivity (Wildman–Crippen MR) is 93.9 cm³/mol. The average Bonchev–Trinajstić information content (AvgIpc) is 2.58. The van der Waals surface area contributed by atoms with Crippen molar-refractivity contribution in [3.8, 4) is 0 Å². The lowest BCUT2D eigenvalue weighted by molar-refractivity contribution is -0.212. The molecule has 9 heteroatoms. The molecular weight excluding hydrogens is 340 g/mol. The summed E-state index contributed by atoms with van der Waals surface area (Å²) in [5.74, 6) is -1.59. The number of carbonyl (C=O) groups excluding carboxylic acids is 3. The van der Waals surface area contributed by atoms with Gasteiger partial charge in [0.2, 0.25) is 0 Å². The summed E-state index contributed by atoms with van der Waals surface area (Å²) in [4.78, 5) is 40.0. The molecule has 0 aromatic heterocycles. The Bertz CT molecular complexity index is 608. The Kier molecular flexibility index (Phi) is 8.53. The molecule has 2 atom stereocenters. The number of urea groups is 1. The molecule has 0 unspecified atom stereocenters. The number of hydrogen-bond acceptors (Lipinski definition) is 6. The van der Waals surface area contributed by atoms with Gasteiger partial charge in [-0.1, -0.05) is 49.4 Å². The molecule has 9 nitrogen and oxygen atoms in total. The number of nitrogens with zero attached hydrogens (tertiary/aromatic N) is 1. The molecule has 1 aromatic rings. The summed E-state index contributed by atoms with van der Waals surface area (Å²) in [5.41, 5.74) is 13.5. The van der Waals surface area contributed by atoms with E-state index in [0.29, 0.717) is 6.42 Å². The van der Waals surface area contributed by atoms with Gasteiger partial charge in [0.15, 0.2) is 6.10 Å². The van der Waals surface area contributed by atoms with Gasteiger partial charge in [-0.15, -0.1) is 0 Å². The van der Waals surface area contributed by atoms with Gasteiger partial charge in [-0.05, 0) is 24.3 Å². The van der Waals surface area contributed by atoms with E-state index in [4.69, 9.17) is 16.3 Å². The zero-order chi connectivity index (χ0) is 19.7. The molecule has 0 aliphatic rings. The molecule has 26 heavy (non-hydrogen) atoms. The van der Waals surface area contributed by atoms with Crippen molar-refractivity contribution in [3.63, 3.8) is 0 Å². The van der Waals surface area contributed by atoms with Crippen molar-refractivity contribution in [3.05, 3.63) is 35.9 Å². The fourth-order valence-corrected chi connectivity index (χ4v) is 2.08. The van der Waals surface area contributed by atoms with Crippen molar-refractivity contribution in [1.82, 2.24) is 10.6 Å². The van der Waals surface area contributed by atoms with Gasteiger partial charge in [0.1, 0.15) is 0 Å². The maximum Gasteiger partial charge on any atom is 0.335 e. The van der Waals surface area contributed by atoms with Crippen LogP contribution in [0.1, 0.15) is 32.3 Å².